The molecule has 2 aromatic carbocycles. The Balaban J connectivity index is 2.27. The van der Waals surface area contributed by atoms with Crippen LogP contribution in [0.15, 0.2) is 48.5 Å². The Labute approximate surface area is 110 Å². The third-order valence-corrected chi connectivity index (χ3v) is 2.61. The van der Waals surface area contributed by atoms with Gasteiger partial charge in [0.25, 0.3) is 6.26 Å². The Kier molecular flexibility index (Phi) is 3.79. The van der Waals surface area contributed by atoms with Crippen LogP contribution in [0, 0.1) is 11.5 Å². The van der Waals surface area contributed by atoms with Crippen molar-refractivity contribution < 1.29 is 14.3 Å². The van der Waals surface area contributed by atoms with Gasteiger partial charge in [0.2, 0.25) is 0 Å². The summed E-state index contributed by atoms with van der Waals surface area (Å²) in [5.74, 6) is 0.908. The molecule has 0 fully saturated rings. The molecule has 0 aliphatic carbocycles. The van der Waals surface area contributed by atoms with Crippen molar-refractivity contribution in [1.29, 1.82) is 5.26 Å². The van der Waals surface area contributed by atoms with Crippen LogP contribution in [0.25, 0.3) is 0 Å². The van der Waals surface area contributed by atoms with E-state index in [4.69, 9.17) is 14.7 Å². The molecule has 19 heavy (non-hydrogen) atoms. The zero-order chi connectivity index (χ0) is 13.7. The summed E-state index contributed by atoms with van der Waals surface area (Å²) in [6.07, 6.45) is 1.58. The molecule has 0 unspecified atom stereocenters. The fraction of sp³-hybridized carbons (Fsp3) is 0.0667. The van der Waals surface area contributed by atoms with E-state index in [9.17, 15) is 4.79 Å². The van der Waals surface area contributed by atoms with Crippen LogP contribution >= 0.6 is 0 Å². The van der Waals surface area contributed by atoms with Gasteiger partial charge in [0.15, 0.2) is 5.78 Å². The van der Waals surface area contributed by atoms with Crippen LogP contribution in [0.5, 0.6) is 11.5 Å². The quantitative estimate of drug-likeness (QED) is 0.621. The van der Waals surface area contributed by atoms with Gasteiger partial charge in [0.05, 0.1) is 7.11 Å². The first-order chi connectivity index (χ1) is 9.24. The molecule has 0 aliphatic heterocycles. The number of ketones is 1. The van der Waals surface area contributed by atoms with Crippen LogP contribution < -0.4 is 9.47 Å². The largest absolute Gasteiger partial charge is 0.497 e. The van der Waals surface area contributed by atoms with Gasteiger partial charge in [-0.05, 0) is 36.4 Å². The normalized spacial score (nSPS) is 9.47. The smallest absolute Gasteiger partial charge is 0.292 e. The number of nitrogens with zero attached hydrogens (tertiary/aromatic N) is 1. The Morgan fingerprint density at radius 3 is 2.42 bits per heavy atom. The van der Waals surface area contributed by atoms with Gasteiger partial charge in [-0.3, -0.25) is 4.79 Å². The minimum Gasteiger partial charge on any atom is -0.497 e. The molecule has 0 radical (unpaired) electrons. The summed E-state index contributed by atoms with van der Waals surface area (Å²) in [5.41, 5.74) is 1.02. The Bertz CT molecular complexity index is 627. The van der Waals surface area contributed by atoms with Gasteiger partial charge in [-0.25, -0.2) is 0 Å². The topological polar surface area (TPSA) is 59.3 Å². The molecule has 0 saturated carbocycles. The van der Waals surface area contributed by atoms with Gasteiger partial charge in [-0.15, -0.1) is 5.26 Å². The predicted molar refractivity (Wildman–Crippen MR) is 69.1 cm³/mol. The maximum atomic E-state index is 12.2. The van der Waals surface area contributed by atoms with E-state index in [0.717, 1.165) is 0 Å². The zero-order valence-corrected chi connectivity index (χ0v) is 10.3. The molecular weight excluding hydrogens is 242 g/mol. The summed E-state index contributed by atoms with van der Waals surface area (Å²) in [5, 5.41) is 8.45. The first-order valence-corrected chi connectivity index (χ1v) is 5.59. The molecule has 0 aliphatic rings. The molecule has 4 heteroatoms. The molecule has 0 saturated heterocycles. The van der Waals surface area contributed by atoms with E-state index >= 15 is 0 Å². The van der Waals surface area contributed by atoms with Crippen LogP contribution in [-0.2, 0) is 0 Å². The summed E-state index contributed by atoms with van der Waals surface area (Å²) < 4.78 is 9.74. The van der Waals surface area contributed by atoms with Crippen molar-refractivity contribution in [1.82, 2.24) is 0 Å². The van der Waals surface area contributed by atoms with Crippen molar-refractivity contribution in [2.45, 2.75) is 0 Å². The molecule has 0 heterocycles. The fourth-order valence-corrected chi connectivity index (χ4v) is 1.66. The summed E-state index contributed by atoms with van der Waals surface area (Å²) in [6, 6.07) is 13.3. The van der Waals surface area contributed by atoms with Crippen LogP contribution in [0.1, 0.15) is 15.9 Å². The number of methoxy groups -OCH3 is 1. The van der Waals surface area contributed by atoms with E-state index in [-0.39, 0.29) is 5.78 Å². The lowest BCUT2D eigenvalue weighted by atomic mass is 10.0. The summed E-state index contributed by atoms with van der Waals surface area (Å²) in [4.78, 5) is 12.2. The molecular formula is C15H11NO3. The van der Waals surface area contributed by atoms with Crippen LogP contribution in [0.3, 0.4) is 0 Å². The van der Waals surface area contributed by atoms with Crippen LogP contribution in [-0.4, -0.2) is 12.9 Å². The molecule has 2 aromatic rings. The Morgan fingerprint density at radius 1 is 1.05 bits per heavy atom. The van der Waals surface area contributed by atoms with Gasteiger partial charge in [-0.1, -0.05) is 12.1 Å². The first-order valence-electron chi connectivity index (χ1n) is 5.59. The lowest BCUT2D eigenvalue weighted by Gasteiger charge is -2.04. The predicted octanol–water partition coefficient (Wildman–Crippen LogP) is 2.79. The average molecular weight is 253 g/mol. The fourth-order valence-electron chi connectivity index (χ4n) is 1.66. The summed E-state index contributed by atoms with van der Waals surface area (Å²) in [7, 11) is 1.57. The number of carbonyl (C=O) groups excluding carboxylic acids is 1. The molecule has 0 atom stereocenters. The Morgan fingerprint density at radius 2 is 1.79 bits per heavy atom. The second kappa shape index (κ2) is 5.69. The number of benzene rings is 2. The van der Waals surface area contributed by atoms with Crippen molar-refractivity contribution >= 4 is 5.78 Å². The number of carbonyl (C=O) groups is 1. The average Bonchev–Trinajstić information content (AvgIpc) is 2.47. The van der Waals surface area contributed by atoms with Crippen molar-refractivity contribution in [2.75, 3.05) is 7.11 Å². The van der Waals surface area contributed by atoms with E-state index in [1.165, 1.54) is 6.07 Å². The number of nitriles is 1. The monoisotopic (exact) mass is 253 g/mol. The van der Waals surface area contributed by atoms with Gasteiger partial charge in [-0.2, -0.15) is 0 Å². The highest BCUT2D eigenvalue weighted by molar-refractivity contribution is 6.09. The highest BCUT2D eigenvalue weighted by atomic mass is 16.5. The number of ether oxygens (including phenoxy) is 2. The summed E-state index contributed by atoms with van der Waals surface area (Å²) >= 11 is 0. The van der Waals surface area contributed by atoms with Crippen molar-refractivity contribution in [3.05, 3.63) is 59.7 Å². The third-order valence-electron chi connectivity index (χ3n) is 2.61. The molecule has 0 aromatic heterocycles. The van der Waals surface area contributed by atoms with Gasteiger partial charge < -0.3 is 9.47 Å². The maximum absolute atomic E-state index is 12.2. The minimum atomic E-state index is -0.133. The lowest BCUT2D eigenvalue weighted by molar-refractivity contribution is 0.103. The third kappa shape index (κ3) is 2.90. The van der Waals surface area contributed by atoms with Gasteiger partial charge >= 0.3 is 0 Å². The molecule has 0 bridgehead atoms. The van der Waals surface area contributed by atoms with E-state index in [0.29, 0.717) is 22.6 Å². The molecule has 0 spiro atoms. The molecule has 0 amide bonds. The second-order valence-corrected chi connectivity index (χ2v) is 3.78. The van der Waals surface area contributed by atoms with Gasteiger partial charge in [0, 0.05) is 11.1 Å². The van der Waals surface area contributed by atoms with E-state index in [1.807, 2.05) is 0 Å². The molecule has 4 nitrogen and oxygen atoms in total. The van der Waals surface area contributed by atoms with E-state index in [2.05, 4.69) is 0 Å². The van der Waals surface area contributed by atoms with E-state index < -0.39 is 0 Å². The van der Waals surface area contributed by atoms with Crippen molar-refractivity contribution in [3.63, 3.8) is 0 Å². The molecule has 2 rings (SSSR count). The molecule has 0 N–H and O–H groups in total. The van der Waals surface area contributed by atoms with E-state index in [1.54, 1.807) is 55.8 Å². The highest BCUT2D eigenvalue weighted by Crippen LogP contribution is 2.18. The lowest BCUT2D eigenvalue weighted by Crippen LogP contribution is -2.01. The standard InChI is InChI=1S/C15H11NO3/c1-18-13-7-5-11(6-8-13)15(17)12-3-2-4-14(9-12)19-10-16/h2-9H,1H3. The number of hydrogen-bond donors (Lipinski definition) is 0. The molecule has 94 valence electrons. The SMILES string of the molecule is COc1ccc(C(=O)c2cccc(OC#N)c2)cc1. The van der Waals surface area contributed by atoms with Crippen LogP contribution in [0.4, 0.5) is 0 Å². The minimum absolute atomic E-state index is 0.133. The van der Waals surface area contributed by atoms with Crippen LogP contribution in [0.2, 0.25) is 0 Å². The summed E-state index contributed by atoms with van der Waals surface area (Å²) in [6.45, 7) is 0. The van der Waals surface area contributed by atoms with Crippen molar-refractivity contribution in [3.8, 4) is 17.8 Å². The maximum Gasteiger partial charge on any atom is 0.292 e. The van der Waals surface area contributed by atoms with Gasteiger partial charge in [0.1, 0.15) is 11.5 Å². The number of hydrogen-bond acceptors (Lipinski definition) is 4. The Hall–Kier alpha value is -2.80. The van der Waals surface area contributed by atoms with Crippen molar-refractivity contribution in [2.24, 2.45) is 0 Å². The highest BCUT2D eigenvalue weighted by Gasteiger charge is 2.10. The second-order valence-electron chi connectivity index (χ2n) is 3.78. The number of rotatable bonds is 4. The zero-order valence-electron chi connectivity index (χ0n) is 10.3. The first kappa shape index (κ1) is 12.7.